The number of nitrogens with zero attached hydrogens (tertiary/aromatic N) is 4. The molecule has 1 aliphatic rings. The average molecular weight is 402 g/mol. The third-order valence-corrected chi connectivity index (χ3v) is 5.31. The predicted octanol–water partition coefficient (Wildman–Crippen LogP) is 5.56. The Morgan fingerprint density at radius 2 is 1.80 bits per heavy atom. The van der Waals surface area contributed by atoms with Gasteiger partial charge in [-0.1, -0.05) is 6.07 Å². The lowest BCUT2D eigenvalue weighted by molar-refractivity contribution is 0.589. The summed E-state index contributed by atoms with van der Waals surface area (Å²) in [5.74, 6) is -0.691. The number of rotatable bonds is 3. The second-order valence-electron chi connectivity index (χ2n) is 7.72. The maximum absolute atomic E-state index is 15.9. The van der Waals surface area contributed by atoms with E-state index >= 15 is 8.78 Å². The summed E-state index contributed by atoms with van der Waals surface area (Å²) in [6.45, 7) is 3.64. The number of benzene rings is 1. The summed E-state index contributed by atoms with van der Waals surface area (Å²) < 4.78 is 33.1. The monoisotopic (exact) mass is 402 g/mol. The molecule has 0 amide bonds. The number of aromatic nitrogens is 3. The molecule has 0 saturated heterocycles. The third-order valence-electron chi connectivity index (χ3n) is 5.31. The molecule has 6 heteroatoms. The lowest BCUT2D eigenvalue weighted by Gasteiger charge is -2.15. The van der Waals surface area contributed by atoms with E-state index in [1.54, 1.807) is 36.5 Å². The Morgan fingerprint density at radius 1 is 1.03 bits per heavy atom. The normalized spacial score (nSPS) is 14.5. The molecule has 0 spiro atoms. The Kier molecular flexibility index (Phi) is 4.42. The van der Waals surface area contributed by atoms with Gasteiger partial charge in [0.05, 0.1) is 16.4 Å². The van der Waals surface area contributed by atoms with Crippen molar-refractivity contribution in [1.29, 1.82) is 0 Å². The molecular weight excluding hydrogens is 382 g/mol. The van der Waals surface area contributed by atoms with E-state index in [1.165, 1.54) is 6.07 Å². The average Bonchev–Trinajstić information content (AvgIpc) is 3.54. The first-order valence-electron chi connectivity index (χ1n) is 9.95. The highest BCUT2D eigenvalue weighted by atomic mass is 19.1. The van der Waals surface area contributed by atoms with Gasteiger partial charge in [-0.05, 0) is 68.7 Å². The molecule has 1 saturated carbocycles. The quantitative estimate of drug-likeness (QED) is 0.450. The van der Waals surface area contributed by atoms with E-state index in [1.807, 2.05) is 30.7 Å². The summed E-state index contributed by atoms with van der Waals surface area (Å²) in [6, 6.07) is 12.2. The van der Waals surface area contributed by atoms with Crippen molar-refractivity contribution in [2.24, 2.45) is 4.99 Å². The number of halogens is 2. The van der Waals surface area contributed by atoms with E-state index in [-0.39, 0.29) is 11.6 Å². The Labute approximate surface area is 172 Å². The fraction of sp³-hybridized carbons (Fsp3) is 0.208. The van der Waals surface area contributed by atoms with E-state index in [9.17, 15) is 0 Å². The zero-order chi connectivity index (χ0) is 20.8. The molecular formula is C24H20F2N4. The van der Waals surface area contributed by atoms with Crippen LogP contribution in [0.15, 0.2) is 59.9 Å². The molecule has 150 valence electrons. The Hall–Kier alpha value is -3.41. The fourth-order valence-corrected chi connectivity index (χ4v) is 3.91. The predicted molar refractivity (Wildman–Crippen MR) is 112 cm³/mol. The zero-order valence-corrected chi connectivity index (χ0v) is 16.7. The molecule has 1 aromatic carbocycles. The topological polar surface area (TPSA) is 43.1 Å². The van der Waals surface area contributed by atoms with Crippen LogP contribution in [0.2, 0.25) is 0 Å². The van der Waals surface area contributed by atoms with E-state index in [4.69, 9.17) is 0 Å². The highest BCUT2D eigenvalue weighted by Gasteiger charge is 2.27. The molecule has 5 rings (SSSR count). The molecule has 3 aromatic heterocycles. The molecule has 0 bridgehead atoms. The van der Waals surface area contributed by atoms with Crippen LogP contribution in [0, 0.1) is 25.5 Å². The van der Waals surface area contributed by atoms with Gasteiger partial charge in [0.15, 0.2) is 11.6 Å². The van der Waals surface area contributed by atoms with Crippen LogP contribution in [0.3, 0.4) is 0 Å². The van der Waals surface area contributed by atoms with Crippen molar-refractivity contribution in [1.82, 2.24) is 14.5 Å². The van der Waals surface area contributed by atoms with Crippen molar-refractivity contribution in [2.45, 2.75) is 32.7 Å². The van der Waals surface area contributed by atoms with Gasteiger partial charge in [0.25, 0.3) is 0 Å². The smallest absolute Gasteiger partial charge is 0.158 e. The Morgan fingerprint density at radius 3 is 2.47 bits per heavy atom. The zero-order valence-electron chi connectivity index (χ0n) is 16.7. The fourth-order valence-electron chi connectivity index (χ4n) is 3.91. The van der Waals surface area contributed by atoms with Crippen molar-refractivity contribution in [2.75, 3.05) is 0 Å². The first kappa shape index (κ1) is 18.6. The summed E-state index contributed by atoms with van der Waals surface area (Å²) in [6.07, 6.45) is 5.45. The summed E-state index contributed by atoms with van der Waals surface area (Å²) in [5, 5.41) is 0.934. The molecule has 0 radical (unpaired) electrons. The van der Waals surface area contributed by atoms with Gasteiger partial charge in [0.2, 0.25) is 0 Å². The van der Waals surface area contributed by atoms with Crippen LogP contribution >= 0.6 is 0 Å². The van der Waals surface area contributed by atoms with Crippen molar-refractivity contribution in [3.05, 3.63) is 83.2 Å². The summed E-state index contributed by atoms with van der Waals surface area (Å²) >= 11 is 0. The van der Waals surface area contributed by atoms with E-state index < -0.39 is 11.6 Å². The number of pyridine rings is 3. The minimum absolute atomic E-state index is 0.0273. The van der Waals surface area contributed by atoms with Crippen LogP contribution in [0.25, 0.3) is 22.0 Å². The van der Waals surface area contributed by atoms with Crippen LogP contribution in [-0.2, 0) is 0 Å². The summed E-state index contributed by atoms with van der Waals surface area (Å²) in [7, 11) is 0. The van der Waals surface area contributed by atoms with Gasteiger partial charge in [-0.3, -0.25) is 4.98 Å². The van der Waals surface area contributed by atoms with Gasteiger partial charge < -0.3 is 4.57 Å². The van der Waals surface area contributed by atoms with Crippen molar-refractivity contribution < 1.29 is 8.78 Å². The third kappa shape index (κ3) is 3.28. The lowest BCUT2D eigenvalue weighted by atomic mass is 10.0. The summed E-state index contributed by atoms with van der Waals surface area (Å²) in [4.78, 5) is 13.1. The molecule has 1 fully saturated rings. The van der Waals surface area contributed by atoms with Gasteiger partial charge >= 0.3 is 0 Å². The summed E-state index contributed by atoms with van der Waals surface area (Å²) in [5.41, 5.74) is 2.28. The molecule has 0 unspecified atom stereocenters. The molecule has 4 nitrogen and oxygen atoms in total. The Bertz CT molecular complexity index is 1320. The SMILES string of the molecule is Cc1cc(-c2c(F)cc3c(=Nc4ccccn4)ccn(C4CC4)c3c2F)cc(C)n1. The lowest BCUT2D eigenvalue weighted by Crippen LogP contribution is -2.12. The molecule has 3 heterocycles. The van der Waals surface area contributed by atoms with Gasteiger partial charge in [-0.15, -0.1) is 0 Å². The van der Waals surface area contributed by atoms with Crippen LogP contribution in [0.5, 0.6) is 0 Å². The minimum Gasteiger partial charge on any atom is -0.342 e. The first-order valence-corrected chi connectivity index (χ1v) is 9.95. The molecule has 0 N–H and O–H groups in total. The van der Waals surface area contributed by atoms with Crippen LogP contribution in [0.4, 0.5) is 14.6 Å². The van der Waals surface area contributed by atoms with Crippen LogP contribution < -0.4 is 5.36 Å². The number of hydrogen-bond acceptors (Lipinski definition) is 3. The second-order valence-corrected chi connectivity index (χ2v) is 7.72. The number of aryl methyl sites for hydroxylation is 2. The van der Waals surface area contributed by atoms with Gasteiger partial charge in [-0.25, -0.2) is 18.8 Å². The van der Waals surface area contributed by atoms with E-state index in [0.717, 1.165) is 24.2 Å². The van der Waals surface area contributed by atoms with Crippen LogP contribution in [0.1, 0.15) is 30.3 Å². The van der Waals surface area contributed by atoms with E-state index in [2.05, 4.69) is 15.0 Å². The van der Waals surface area contributed by atoms with Crippen molar-refractivity contribution in [3.8, 4) is 11.1 Å². The molecule has 0 aliphatic heterocycles. The molecule has 1 aliphatic carbocycles. The van der Waals surface area contributed by atoms with Gasteiger partial charge in [0, 0.05) is 35.2 Å². The standard InChI is InChI=1S/C24H20F2N4/c1-14-11-16(12-15(2)28-14)22-19(25)13-18-20(29-21-5-3-4-9-27-21)8-10-30(17-6-7-17)24(18)23(22)26/h3-5,8-13,17H,6-7H2,1-2H3. The minimum atomic E-state index is -0.615. The van der Waals surface area contributed by atoms with E-state index in [0.29, 0.717) is 27.6 Å². The Balaban J connectivity index is 1.84. The largest absolute Gasteiger partial charge is 0.342 e. The van der Waals surface area contributed by atoms with Gasteiger partial charge in [-0.2, -0.15) is 0 Å². The highest BCUT2D eigenvalue weighted by molar-refractivity contribution is 5.86. The highest BCUT2D eigenvalue weighted by Crippen LogP contribution is 2.39. The number of hydrogen-bond donors (Lipinski definition) is 0. The molecule has 4 aromatic rings. The van der Waals surface area contributed by atoms with Crippen molar-refractivity contribution in [3.63, 3.8) is 0 Å². The van der Waals surface area contributed by atoms with Crippen molar-refractivity contribution >= 4 is 16.7 Å². The second kappa shape index (κ2) is 7.13. The maximum Gasteiger partial charge on any atom is 0.158 e. The molecule has 0 atom stereocenters. The van der Waals surface area contributed by atoms with Crippen LogP contribution in [-0.4, -0.2) is 14.5 Å². The maximum atomic E-state index is 15.9. The first-order chi connectivity index (χ1) is 14.5. The molecule has 30 heavy (non-hydrogen) atoms. The number of fused-ring (bicyclic) bond motifs is 1. The van der Waals surface area contributed by atoms with Gasteiger partial charge in [0.1, 0.15) is 5.82 Å².